The van der Waals surface area contributed by atoms with E-state index in [-0.39, 0.29) is 12.1 Å². The van der Waals surface area contributed by atoms with E-state index in [0.29, 0.717) is 0 Å². The van der Waals surface area contributed by atoms with Crippen molar-refractivity contribution in [2.75, 3.05) is 13.7 Å². The van der Waals surface area contributed by atoms with Gasteiger partial charge < -0.3 is 10.1 Å². The summed E-state index contributed by atoms with van der Waals surface area (Å²) in [6, 6.07) is 10.4. The maximum atomic E-state index is 5.72. The molecule has 2 aromatic rings. The van der Waals surface area contributed by atoms with E-state index >= 15 is 0 Å². The Hall–Kier alpha value is -1.65. The van der Waals surface area contributed by atoms with E-state index in [1.165, 1.54) is 5.56 Å². The predicted octanol–water partition coefficient (Wildman–Crippen LogP) is 2.46. The zero-order valence-electron chi connectivity index (χ0n) is 11.7. The van der Waals surface area contributed by atoms with Gasteiger partial charge in [0.2, 0.25) is 0 Å². The van der Waals surface area contributed by atoms with Crippen molar-refractivity contribution >= 4 is 0 Å². The maximum Gasteiger partial charge on any atom is 0.102 e. The van der Waals surface area contributed by atoms with E-state index in [1.54, 1.807) is 7.11 Å². The molecular formula is C15H21N3O. The number of nitrogens with zero attached hydrogens (tertiary/aromatic N) is 2. The molecule has 2 atom stereocenters. The standard InChI is InChI=1S/C15H21N3O/c1-4-16-14(13-10-17-18(2)11-13)15(19-3)12-8-6-5-7-9-12/h5-11,14-16H,4H2,1-3H3. The molecule has 1 aromatic heterocycles. The average molecular weight is 259 g/mol. The first-order chi connectivity index (χ1) is 9.26. The highest BCUT2D eigenvalue weighted by Gasteiger charge is 2.24. The summed E-state index contributed by atoms with van der Waals surface area (Å²) in [6.45, 7) is 2.98. The van der Waals surface area contributed by atoms with Gasteiger partial charge in [-0.25, -0.2) is 0 Å². The Labute approximate surface area is 114 Å². The van der Waals surface area contributed by atoms with Crippen molar-refractivity contribution in [1.29, 1.82) is 0 Å². The van der Waals surface area contributed by atoms with Crippen LogP contribution in [0.4, 0.5) is 0 Å². The third-order valence-electron chi connectivity index (χ3n) is 3.19. The Bertz CT molecular complexity index is 495. The van der Waals surface area contributed by atoms with Crippen molar-refractivity contribution in [3.05, 3.63) is 53.9 Å². The van der Waals surface area contributed by atoms with Crippen molar-refractivity contribution < 1.29 is 4.74 Å². The molecule has 0 aliphatic heterocycles. The molecule has 2 rings (SSSR count). The minimum absolute atomic E-state index is 0.0228. The third kappa shape index (κ3) is 3.22. The van der Waals surface area contributed by atoms with Gasteiger partial charge in [0, 0.05) is 25.9 Å². The number of nitrogens with one attached hydrogen (secondary N) is 1. The summed E-state index contributed by atoms with van der Waals surface area (Å²) in [5.74, 6) is 0. The molecule has 1 N–H and O–H groups in total. The average Bonchev–Trinajstić information content (AvgIpc) is 2.86. The van der Waals surface area contributed by atoms with Gasteiger partial charge in [0.05, 0.1) is 12.2 Å². The lowest BCUT2D eigenvalue weighted by Crippen LogP contribution is -2.27. The van der Waals surface area contributed by atoms with E-state index in [9.17, 15) is 0 Å². The van der Waals surface area contributed by atoms with E-state index in [1.807, 2.05) is 42.3 Å². The van der Waals surface area contributed by atoms with Crippen LogP contribution in [0.1, 0.15) is 30.2 Å². The molecule has 1 aromatic carbocycles. The summed E-state index contributed by atoms with van der Waals surface area (Å²) < 4.78 is 7.53. The van der Waals surface area contributed by atoms with Crippen LogP contribution >= 0.6 is 0 Å². The Morgan fingerprint density at radius 2 is 2.00 bits per heavy atom. The molecule has 19 heavy (non-hydrogen) atoms. The number of rotatable bonds is 6. The van der Waals surface area contributed by atoms with Crippen molar-refractivity contribution in [2.24, 2.45) is 7.05 Å². The van der Waals surface area contributed by atoms with E-state index in [2.05, 4.69) is 29.5 Å². The molecule has 0 spiro atoms. The largest absolute Gasteiger partial charge is 0.375 e. The zero-order chi connectivity index (χ0) is 13.7. The van der Waals surface area contributed by atoms with E-state index in [4.69, 9.17) is 4.74 Å². The van der Waals surface area contributed by atoms with Crippen LogP contribution in [0.2, 0.25) is 0 Å². The second kappa shape index (κ2) is 6.50. The lowest BCUT2D eigenvalue weighted by molar-refractivity contribution is 0.0681. The molecule has 0 amide bonds. The highest BCUT2D eigenvalue weighted by Crippen LogP contribution is 2.31. The number of likely N-dealkylation sites (N-methyl/N-ethyl adjacent to an activating group) is 1. The van der Waals surface area contributed by atoms with Crippen LogP contribution in [-0.2, 0) is 11.8 Å². The second-order valence-electron chi connectivity index (χ2n) is 4.55. The van der Waals surface area contributed by atoms with Crippen LogP contribution in [0.15, 0.2) is 42.7 Å². The number of aryl methyl sites for hydroxylation is 1. The summed E-state index contributed by atoms with van der Waals surface area (Å²) in [6.07, 6.45) is 3.90. The summed E-state index contributed by atoms with van der Waals surface area (Å²) in [5, 5.41) is 7.73. The molecule has 4 nitrogen and oxygen atoms in total. The highest BCUT2D eigenvalue weighted by molar-refractivity contribution is 5.23. The van der Waals surface area contributed by atoms with Crippen LogP contribution in [-0.4, -0.2) is 23.4 Å². The second-order valence-corrected chi connectivity index (χ2v) is 4.55. The fraction of sp³-hybridized carbons (Fsp3) is 0.400. The van der Waals surface area contributed by atoms with E-state index < -0.39 is 0 Å². The lowest BCUT2D eigenvalue weighted by Gasteiger charge is -2.26. The molecule has 0 radical (unpaired) electrons. The van der Waals surface area contributed by atoms with Crippen molar-refractivity contribution in [1.82, 2.24) is 15.1 Å². The zero-order valence-corrected chi connectivity index (χ0v) is 11.7. The molecule has 4 heteroatoms. The number of hydrogen-bond acceptors (Lipinski definition) is 3. The highest BCUT2D eigenvalue weighted by atomic mass is 16.5. The summed E-state index contributed by atoms with van der Waals surface area (Å²) in [4.78, 5) is 0. The van der Waals surface area contributed by atoms with Crippen molar-refractivity contribution in [3.63, 3.8) is 0 Å². The quantitative estimate of drug-likeness (QED) is 0.866. The Kier molecular flexibility index (Phi) is 4.71. The van der Waals surface area contributed by atoms with Gasteiger partial charge in [-0.2, -0.15) is 5.10 Å². The Balaban J connectivity index is 2.31. The van der Waals surface area contributed by atoms with Crippen LogP contribution < -0.4 is 5.32 Å². The van der Waals surface area contributed by atoms with Crippen LogP contribution in [0, 0.1) is 0 Å². The predicted molar refractivity (Wildman–Crippen MR) is 75.8 cm³/mol. The normalized spacial score (nSPS) is 14.3. The minimum Gasteiger partial charge on any atom is -0.375 e. The summed E-state index contributed by atoms with van der Waals surface area (Å²) in [7, 11) is 3.68. The van der Waals surface area contributed by atoms with Gasteiger partial charge in [0.15, 0.2) is 0 Å². The minimum atomic E-state index is -0.0228. The van der Waals surface area contributed by atoms with Crippen LogP contribution in [0.3, 0.4) is 0 Å². The van der Waals surface area contributed by atoms with E-state index in [0.717, 1.165) is 12.1 Å². The van der Waals surface area contributed by atoms with Gasteiger partial charge >= 0.3 is 0 Å². The third-order valence-corrected chi connectivity index (χ3v) is 3.19. The first kappa shape index (κ1) is 13.8. The molecule has 102 valence electrons. The van der Waals surface area contributed by atoms with Gasteiger partial charge in [0.1, 0.15) is 6.10 Å². The molecule has 0 aliphatic carbocycles. The first-order valence-electron chi connectivity index (χ1n) is 6.56. The topological polar surface area (TPSA) is 39.1 Å². The molecule has 1 heterocycles. The van der Waals surface area contributed by atoms with Crippen molar-refractivity contribution in [3.8, 4) is 0 Å². The SMILES string of the molecule is CCNC(c1cnn(C)c1)C(OC)c1ccccc1. The molecule has 2 unspecified atom stereocenters. The Morgan fingerprint density at radius 1 is 1.26 bits per heavy atom. The summed E-state index contributed by atoms with van der Waals surface area (Å²) >= 11 is 0. The fourth-order valence-corrected chi connectivity index (χ4v) is 2.33. The van der Waals surface area contributed by atoms with Crippen LogP contribution in [0.5, 0.6) is 0 Å². The monoisotopic (exact) mass is 259 g/mol. The number of hydrogen-bond donors (Lipinski definition) is 1. The molecule has 0 saturated heterocycles. The fourth-order valence-electron chi connectivity index (χ4n) is 2.33. The number of aromatic nitrogens is 2. The molecule has 0 saturated carbocycles. The summed E-state index contributed by atoms with van der Waals surface area (Å²) in [5.41, 5.74) is 2.31. The van der Waals surface area contributed by atoms with Crippen LogP contribution in [0.25, 0.3) is 0 Å². The van der Waals surface area contributed by atoms with Gasteiger partial charge in [-0.15, -0.1) is 0 Å². The first-order valence-corrected chi connectivity index (χ1v) is 6.56. The van der Waals surface area contributed by atoms with Gasteiger partial charge in [-0.1, -0.05) is 37.3 Å². The Morgan fingerprint density at radius 3 is 2.53 bits per heavy atom. The molecule has 0 fully saturated rings. The lowest BCUT2D eigenvalue weighted by atomic mass is 9.98. The molecular weight excluding hydrogens is 238 g/mol. The number of benzene rings is 1. The van der Waals surface area contributed by atoms with Gasteiger partial charge in [0.25, 0.3) is 0 Å². The number of methoxy groups -OCH3 is 1. The maximum absolute atomic E-state index is 5.72. The number of ether oxygens (including phenoxy) is 1. The van der Waals surface area contributed by atoms with Gasteiger partial charge in [-0.05, 0) is 12.1 Å². The molecule has 0 bridgehead atoms. The van der Waals surface area contributed by atoms with Crippen molar-refractivity contribution in [2.45, 2.75) is 19.1 Å². The smallest absolute Gasteiger partial charge is 0.102 e. The molecule has 0 aliphatic rings. The van der Waals surface area contributed by atoms with Gasteiger partial charge in [-0.3, -0.25) is 4.68 Å².